The van der Waals surface area contributed by atoms with Crippen LogP contribution in [-0.2, 0) is 13.6 Å². The second-order valence-electron chi connectivity index (χ2n) is 3.88. The molecule has 3 rings (SSSR count). The molecule has 2 aromatic heterocycles. The van der Waals surface area contributed by atoms with E-state index in [1.807, 2.05) is 29.8 Å². The molecule has 5 heteroatoms. The maximum Gasteiger partial charge on any atom is 0.208 e. The number of aromatic nitrogens is 3. The van der Waals surface area contributed by atoms with Gasteiger partial charge >= 0.3 is 0 Å². The Morgan fingerprint density at radius 2 is 2.24 bits per heavy atom. The molecule has 1 aromatic carbocycles. The van der Waals surface area contributed by atoms with Crippen molar-refractivity contribution >= 4 is 11.0 Å². The number of nitrogens with zero attached hydrogens (tertiary/aromatic N) is 3. The van der Waals surface area contributed by atoms with Crippen molar-refractivity contribution < 1.29 is 4.42 Å². The van der Waals surface area contributed by atoms with Crippen LogP contribution < -0.4 is 5.73 Å². The molecule has 0 saturated carbocycles. The Bertz CT molecular complexity index is 668. The first-order chi connectivity index (χ1) is 8.28. The summed E-state index contributed by atoms with van der Waals surface area (Å²) in [7, 11) is 1.97. The predicted octanol–water partition coefficient (Wildman–Crippen LogP) is 1.69. The fourth-order valence-electron chi connectivity index (χ4n) is 1.83. The second-order valence-corrected chi connectivity index (χ2v) is 3.88. The van der Waals surface area contributed by atoms with E-state index in [1.54, 1.807) is 12.5 Å². The second kappa shape index (κ2) is 3.71. The van der Waals surface area contributed by atoms with Gasteiger partial charge in [0.25, 0.3) is 0 Å². The number of imidazole rings is 1. The van der Waals surface area contributed by atoms with Crippen LogP contribution in [-0.4, -0.2) is 14.5 Å². The number of hydrogen-bond acceptors (Lipinski definition) is 4. The third-order valence-corrected chi connectivity index (χ3v) is 2.74. The molecule has 0 aliphatic rings. The minimum Gasteiger partial charge on any atom is -0.439 e. The van der Waals surface area contributed by atoms with Gasteiger partial charge < -0.3 is 14.7 Å². The van der Waals surface area contributed by atoms with E-state index in [2.05, 4.69) is 9.97 Å². The molecule has 2 heterocycles. The van der Waals surface area contributed by atoms with Crippen molar-refractivity contribution in [2.75, 3.05) is 0 Å². The molecule has 0 unspecified atom stereocenters. The van der Waals surface area contributed by atoms with Crippen LogP contribution in [0.3, 0.4) is 0 Å². The minimum absolute atomic E-state index is 0.311. The van der Waals surface area contributed by atoms with Gasteiger partial charge in [-0.15, -0.1) is 0 Å². The molecule has 5 nitrogen and oxygen atoms in total. The van der Waals surface area contributed by atoms with Crippen molar-refractivity contribution in [1.29, 1.82) is 0 Å². The lowest BCUT2D eigenvalue weighted by Crippen LogP contribution is -1.94. The van der Waals surface area contributed by atoms with Crippen molar-refractivity contribution in [2.45, 2.75) is 6.54 Å². The summed E-state index contributed by atoms with van der Waals surface area (Å²) < 4.78 is 7.48. The Morgan fingerprint density at radius 1 is 1.35 bits per heavy atom. The summed E-state index contributed by atoms with van der Waals surface area (Å²) in [4.78, 5) is 8.39. The van der Waals surface area contributed by atoms with Crippen molar-refractivity contribution in [2.24, 2.45) is 12.8 Å². The quantitative estimate of drug-likeness (QED) is 0.724. The predicted molar refractivity (Wildman–Crippen MR) is 64.1 cm³/mol. The van der Waals surface area contributed by atoms with Crippen LogP contribution in [0.25, 0.3) is 22.4 Å². The number of benzene rings is 1. The van der Waals surface area contributed by atoms with Crippen LogP contribution in [0.1, 0.15) is 5.89 Å². The first kappa shape index (κ1) is 10.0. The lowest BCUT2D eigenvalue weighted by Gasteiger charge is -1.97. The van der Waals surface area contributed by atoms with E-state index in [0.717, 1.165) is 22.4 Å². The number of nitrogens with two attached hydrogens (primary N) is 1. The molecule has 3 aromatic rings. The smallest absolute Gasteiger partial charge is 0.208 e. The first-order valence-corrected chi connectivity index (χ1v) is 5.34. The highest BCUT2D eigenvalue weighted by atomic mass is 16.4. The lowest BCUT2D eigenvalue weighted by atomic mass is 10.1. The van der Waals surface area contributed by atoms with Gasteiger partial charge in [0.1, 0.15) is 0 Å². The van der Waals surface area contributed by atoms with Crippen LogP contribution in [0.2, 0.25) is 0 Å². The zero-order chi connectivity index (χ0) is 11.8. The van der Waals surface area contributed by atoms with Crippen molar-refractivity contribution in [3.05, 3.63) is 36.6 Å². The van der Waals surface area contributed by atoms with E-state index < -0.39 is 0 Å². The van der Waals surface area contributed by atoms with E-state index >= 15 is 0 Å². The van der Waals surface area contributed by atoms with E-state index in [9.17, 15) is 0 Å². The molecule has 0 aliphatic carbocycles. The fraction of sp³-hybridized carbons (Fsp3) is 0.167. The number of oxazole rings is 1. The molecule has 0 radical (unpaired) electrons. The largest absolute Gasteiger partial charge is 0.439 e. The Kier molecular flexibility index (Phi) is 2.19. The minimum atomic E-state index is 0.311. The molecular weight excluding hydrogens is 216 g/mol. The van der Waals surface area contributed by atoms with Crippen LogP contribution in [0.4, 0.5) is 0 Å². The van der Waals surface area contributed by atoms with Crippen LogP contribution in [0, 0.1) is 0 Å². The molecule has 0 bridgehead atoms. The fourth-order valence-corrected chi connectivity index (χ4v) is 1.83. The van der Waals surface area contributed by atoms with Crippen LogP contribution >= 0.6 is 0 Å². The summed E-state index contributed by atoms with van der Waals surface area (Å²) in [6, 6.07) is 5.99. The van der Waals surface area contributed by atoms with Gasteiger partial charge in [-0.05, 0) is 18.2 Å². The Morgan fingerprint density at radius 3 is 3.00 bits per heavy atom. The molecule has 0 atom stereocenters. The van der Waals surface area contributed by atoms with Crippen molar-refractivity contribution in [3.63, 3.8) is 0 Å². The number of aryl methyl sites for hydroxylation is 1. The molecule has 0 amide bonds. The normalized spacial score (nSPS) is 11.2. The summed E-state index contributed by atoms with van der Waals surface area (Å²) in [5, 5.41) is 0. The standard InChI is InChI=1S/C12H12N4O/c1-16-7-15-9-4-8(2-3-10(9)16)11-6-14-12(5-13)17-11/h2-4,6-7H,5,13H2,1H3. The van der Waals surface area contributed by atoms with Crippen molar-refractivity contribution in [3.8, 4) is 11.3 Å². The summed E-state index contributed by atoms with van der Waals surface area (Å²) in [6.45, 7) is 0.311. The number of rotatable bonds is 2. The number of hydrogen-bond donors (Lipinski definition) is 1. The highest BCUT2D eigenvalue weighted by Gasteiger charge is 2.07. The first-order valence-electron chi connectivity index (χ1n) is 5.34. The van der Waals surface area contributed by atoms with Gasteiger partial charge in [-0.1, -0.05) is 0 Å². The van der Waals surface area contributed by atoms with E-state index in [-0.39, 0.29) is 0 Å². The Hall–Kier alpha value is -2.14. The van der Waals surface area contributed by atoms with E-state index in [0.29, 0.717) is 12.4 Å². The van der Waals surface area contributed by atoms with Gasteiger partial charge in [-0.3, -0.25) is 0 Å². The average molecular weight is 228 g/mol. The van der Waals surface area contributed by atoms with Gasteiger partial charge in [0.2, 0.25) is 5.89 Å². The summed E-state index contributed by atoms with van der Waals surface area (Å²) in [5.41, 5.74) is 8.46. The highest BCUT2D eigenvalue weighted by molar-refractivity contribution is 5.80. The maximum absolute atomic E-state index is 5.50. The SMILES string of the molecule is Cn1cnc2cc(-c3cnc(CN)o3)ccc21. The molecule has 0 saturated heterocycles. The van der Waals surface area contributed by atoms with Gasteiger partial charge in [-0.25, -0.2) is 9.97 Å². The zero-order valence-electron chi connectivity index (χ0n) is 9.42. The topological polar surface area (TPSA) is 69.9 Å². The third kappa shape index (κ3) is 1.60. The monoisotopic (exact) mass is 228 g/mol. The molecule has 17 heavy (non-hydrogen) atoms. The molecule has 0 aliphatic heterocycles. The van der Waals surface area contributed by atoms with Gasteiger partial charge in [0.05, 0.1) is 30.1 Å². The molecular formula is C12H12N4O. The molecule has 86 valence electrons. The van der Waals surface area contributed by atoms with Gasteiger partial charge in [0, 0.05) is 12.6 Å². The Labute approximate surface area is 97.9 Å². The van der Waals surface area contributed by atoms with E-state index in [4.69, 9.17) is 10.2 Å². The van der Waals surface area contributed by atoms with Crippen LogP contribution in [0.5, 0.6) is 0 Å². The Balaban J connectivity index is 2.11. The molecule has 0 spiro atoms. The summed E-state index contributed by atoms with van der Waals surface area (Å²) in [5.74, 6) is 1.26. The average Bonchev–Trinajstić information content (AvgIpc) is 2.96. The summed E-state index contributed by atoms with van der Waals surface area (Å²) in [6.07, 6.45) is 3.48. The zero-order valence-corrected chi connectivity index (χ0v) is 9.42. The highest BCUT2D eigenvalue weighted by Crippen LogP contribution is 2.24. The van der Waals surface area contributed by atoms with Gasteiger partial charge in [0.15, 0.2) is 5.76 Å². The van der Waals surface area contributed by atoms with Crippen molar-refractivity contribution in [1.82, 2.24) is 14.5 Å². The maximum atomic E-state index is 5.50. The lowest BCUT2D eigenvalue weighted by molar-refractivity contribution is 0.509. The van der Waals surface area contributed by atoms with E-state index in [1.165, 1.54) is 0 Å². The molecule has 2 N–H and O–H groups in total. The number of fused-ring (bicyclic) bond motifs is 1. The molecule has 0 fully saturated rings. The summed E-state index contributed by atoms with van der Waals surface area (Å²) >= 11 is 0. The van der Waals surface area contributed by atoms with Gasteiger partial charge in [-0.2, -0.15) is 0 Å². The van der Waals surface area contributed by atoms with Crippen LogP contribution in [0.15, 0.2) is 35.1 Å². The third-order valence-electron chi connectivity index (χ3n) is 2.74.